The lowest BCUT2D eigenvalue weighted by molar-refractivity contribution is -0.125. The molecule has 1 amide bonds. The molecule has 0 radical (unpaired) electrons. The third-order valence-electron chi connectivity index (χ3n) is 5.01. The summed E-state index contributed by atoms with van der Waals surface area (Å²) in [4.78, 5) is 37.1. The summed E-state index contributed by atoms with van der Waals surface area (Å²) in [6, 6.07) is 3.29. The lowest BCUT2D eigenvalue weighted by Crippen LogP contribution is -2.27. The van der Waals surface area contributed by atoms with Crippen LogP contribution >= 0.6 is 0 Å². The van der Waals surface area contributed by atoms with Gasteiger partial charge in [0, 0.05) is 23.4 Å². The van der Waals surface area contributed by atoms with Crippen LogP contribution in [0.5, 0.6) is 5.75 Å². The number of aryl methyl sites for hydroxylation is 1. The number of Topliss-reactive ketones (excluding diaryl/α,β-unsaturated/α-hetero) is 1. The third-order valence-corrected chi connectivity index (χ3v) is 5.01. The highest BCUT2D eigenvalue weighted by Crippen LogP contribution is 2.31. The summed E-state index contributed by atoms with van der Waals surface area (Å²) >= 11 is 0. The maximum absolute atomic E-state index is 12.6. The van der Waals surface area contributed by atoms with Gasteiger partial charge in [0.1, 0.15) is 23.4 Å². The highest BCUT2D eigenvalue weighted by molar-refractivity contribution is 6.09. The number of ketones is 1. The SMILES string of the molecule is COc1cncc(C2CN(c3cc(C(=O)N=C(N)CC(=O)C(C)(C)C)cnc3C)N=N2)c1. The van der Waals surface area contributed by atoms with Crippen LogP contribution in [0.1, 0.15) is 54.8 Å². The number of nitrogens with two attached hydrogens (primary N) is 1. The Labute approximate surface area is 186 Å². The molecule has 0 bridgehead atoms. The summed E-state index contributed by atoms with van der Waals surface area (Å²) in [6.45, 7) is 7.65. The van der Waals surface area contributed by atoms with Crippen molar-refractivity contribution in [2.45, 2.75) is 40.2 Å². The van der Waals surface area contributed by atoms with Crippen LogP contribution in [0.3, 0.4) is 0 Å². The number of carbonyl (C=O) groups is 2. The first-order valence-corrected chi connectivity index (χ1v) is 10.1. The topological polar surface area (TPSA) is 135 Å². The summed E-state index contributed by atoms with van der Waals surface area (Å²) in [7, 11) is 1.58. The van der Waals surface area contributed by atoms with Gasteiger partial charge in [0.25, 0.3) is 5.91 Å². The number of amidine groups is 1. The van der Waals surface area contributed by atoms with Crippen molar-refractivity contribution in [2.75, 3.05) is 18.7 Å². The number of anilines is 1. The van der Waals surface area contributed by atoms with E-state index in [-0.39, 0.29) is 29.6 Å². The Morgan fingerprint density at radius 1 is 1.25 bits per heavy atom. The van der Waals surface area contributed by atoms with Crippen LogP contribution in [-0.4, -0.2) is 41.1 Å². The molecular weight excluding hydrogens is 410 g/mol. The lowest BCUT2D eigenvalue weighted by atomic mass is 9.89. The average molecular weight is 438 g/mol. The first-order valence-electron chi connectivity index (χ1n) is 10.1. The average Bonchev–Trinajstić information content (AvgIpc) is 3.23. The molecule has 2 aromatic rings. The first kappa shape index (κ1) is 23.0. The standard InChI is InChI=1S/C22H27N7O3/c1-13-18(29-12-17(27-28-29)14-6-16(32-5)11-24-9-14)7-15(10-25-13)21(31)26-20(23)8-19(30)22(2,3)4/h6-7,9-11,17H,8,12H2,1-5H3,(H2,23,26,31). The molecule has 1 aliphatic rings. The number of hydrogen-bond donors (Lipinski definition) is 1. The molecule has 0 aliphatic carbocycles. The molecule has 0 spiro atoms. The Morgan fingerprint density at radius 2 is 2.00 bits per heavy atom. The van der Waals surface area contributed by atoms with E-state index in [0.29, 0.717) is 23.7 Å². The van der Waals surface area contributed by atoms with Gasteiger partial charge in [-0.3, -0.25) is 19.6 Å². The maximum atomic E-state index is 12.6. The number of amides is 1. The van der Waals surface area contributed by atoms with Gasteiger partial charge in [0.15, 0.2) is 0 Å². The molecule has 0 saturated carbocycles. The molecule has 2 N–H and O–H groups in total. The van der Waals surface area contributed by atoms with Gasteiger partial charge in [0.05, 0.1) is 43.2 Å². The van der Waals surface area contributed by atoms with Crippen LogP contribution in [0.25, 0.3) is 0 Å². The molecular formula is C22H27N7O3. The number of carbonyl (C=O) groups excluding carboxylic acids is 2. The summed E-state index contributed by atoms with van der Waals surface area (Å²) < 4.78 is 5.22. The van der Waals surface area contributed by atoms with Crippen molar-refractivity contribution >= 4 is 23.2 Å². The van der Waals surface area contributed by atoms with Crippen molar-refractivity contribution in [1.29, 1.82) is 0 Å². The smallest absolute Gasteiger partial charge is 0.280 e. The van der Waals surface area contributed by atoms with Gasteiger partial charge in [0.2, 0.25) is 0 Å². The monoisotopic (exact) mass is 437 g/mol. The van der Waals surface area contributed by atoms with Crippen LogP contribution in [0, 0.1) is 12.3 Å². The number of ether oxygens (including phenoxy) is 1. The molecule has 168 valence electrons. The van der Waals surface area contributed by atoms with Gasteiger partial charge in [-0.2, -0.15) is 10.1 Å². The van der Waals surface area contributed by atoms with Crippen molar-refractivity contribution in [1.82, 2.24) is 9.97 Å². The second-order valence-electron chi connectivity index (χ2n) is 8.55. The molecule has 0 fully saturated rings. The van der Waals surface area contributed by atoms with Crippen molar-refractivity contribution in [2.24, 2.45) is 26.5 Å². The molecule has 3 heterocycles. The van der Waals surface area contributed by atoms with E-state index in [2.05, 4.69) is 25.3 Å². The van der Waals surface area contributed by atoms with Gasteiger partial charge < -0.3 is 10.5 Å². The quantitative estimate of drug-likeness (QED) is 0.541. The predicted octanol–water partition coefficient (Wildman–Crippen LogP) is 3.22. The van der Waals surface area contributed by atoms with E-state index in [4.69, 9.17) is 10.5 Å². The molecule has 3 rings (SSSR count). The zero-order chi connectivity index (χ0) is 23.5. The van der Waals surface area contributed by atoms with Gasteiger partial charge >= 0.3 is 0 Å². The van der Waals surface area contributed by atoms with E-state index in [1.54, 1.807) is 51.3 Å². The molecule has 1 aliphatic heterocycles. The fraction of sp³-hybridized carbons (Fsp3) is 0.409. The normalized spacial score (nSPS) is 16.3. The van der Waals surface area contributed by atoms with Crippen LogP contribution < -0.4 is 15.5 Å². The number of nitrogens with zero attached hydrogens (tertiary/aromatic N) is 6. The highest BCUT2D eigenvalue weighted by atomic mass is 16.5. The first-order chi connectivity index (χ1) is 15.1. The minimum atomic E-state index is -0.567. The fourth-order valence-electron chi connectivity index (χ4n) is 2.97. The Balaban J connectivity index is 1.76. The zero-order valence-corrected chi connectivity index (χ0v) is 18.9. The molecule has 10 heteroatoms. The summed E-state index contributed by atoms with van der Waals surface area (Å²) in [5, 5.41) is 10.2. The largest absolute Gasteiger partial charge is 0.495 e. The number of methoxy groups -OCH3 is 1. The second-order valence-corrected chi connectivity index (χ2v) is 8.55. The van der Waals surface area contributed by atoms with E-state index in [9.17, 15) is 9.59 Å². The molecule has 2 aromatic heterocycles. The van der Waals surface area contributed by atoms with Crippen LogP contribution in [-0.2, 0) is 4.79 Å². The Hall–Kier alpha value is -3.69. The van der Waals surface area contributed by atoms with Crippen LogP contribution in [0.4, 0.5) is 5.69 Å². The van der Waals surface area contributed by atoms with Crippen LogP contribution in [0.15, 0.2) is 46.1 Å². The Kier molecular flexibility index (Phi) is 6.61. The highest BCUT2D eigenvalue weighted by Gasteiger charge is 2.26. The minimum Gasteiger partial charge on any atom is -0.495 e. The second kappa shape index (κ2) is 9.21. The molecule has 32 heavy (non-hydrogen) atoms. The maximum Gasteiger partial charge on any atom is 0.280 e. The molecule has 0 saturated heterocycles. The predicted molar refractivity (Wildman–Crippen MR) is 120 cm³/mol. The number of aromatic nitrogens is 2. The van der Waals surface area contributed by atoms with Crippen molar-refractivity contribution in [3.63, 3.8) is 0 Å². The van der Waals surface area contributed by atoms with E-state index in [0.717, 1.165) is 5.56 Å². The number of rotatable bonds is 6. The van der Waals surface area contributed by atoms with E-state index in [1.165, 1.54) is 6.20 Å². The third kappa shape index (κ3) is 5.32. The van der Waals surface area contributed by atoms with E-state index in [1.807, 2.05) is 13.0 Å². The zero-order valence-electron chi connectivity index (χ0n) is 18.9. The number of aliphatic imine (C=N–C) groups is 1. The molecule has 1 atom stereocenters. The van der Waals surface area contributed by atoms with Crippen molar-refractivity contribution < 1.29 is 14.3 Å². The summed E-state index contributed by atoms with van der Waals surface area (Å²) in [5.74, 6) is -0.0436. The number of hydrogen-bond acceptors (Lipinski definition) is 8. The van der Waals surface area contributed by atoms with Crippen molar-refractivity contribution in [3.05, 3.63) is 47.5 Å². The van der Waals surface area contributed by atoms with E-state index < -0.39 is 11.3 Å². The molecule has 10 nitrogen and oxygen atoms in total. The van der Waals surface area contributed by atoms with Gasteiger partial charge in [-0.05, 0) is 19.1 Å². The number of pyridine rings is 2. The Bertz CT molecular complexity index is 1090. The molecule has 1 unspecified atom stereocenters. The summed E-state index contributed by atoms with van der Waals surface area (Å²) in [5.41, 5.74) is 7.72. The fourth-order valence-corrected chi connectivity index (χ4v) is 2.97. The summed E-state index contributed by atoms with van der Waals surface area (Å²) in [6.07, 6.45) is 4.69. The molecule has 0 aromatic carbocycles. The van der Waals surface area contributed by atoms with Gasteiger partial charge in [-0.1, -0.05) is 26.0 Å². The van der Waals surface area contributed by atoms with Gasteiger partial charge in [-0.25, -0.2) is 5.01 Å². The van der Waals surface area contributed by atoms with E-state index >= 15 is 0 Å². The lowest BCUT2D eigenvalue weighted by Gasteiger charge is -2.17. The Morgan fingerprint density at radius 3 is 2.69 bits per heavy atom. The van der Waals surface area contributed by atoms with Crippen molar-refractivity contribution in [3.8, 4) is 5.75 Å². The van der Waals surface area contributed by atoms with Crippen LogP contribution in [0.2, 0.25) is 0 Å². The minimum absolute atomic E-state index is 0.0245. The van der Waals surface area contributed by atoms with Gasteiger partial charge in [-0.15, -0.1) is 0 Å².